The molecule has 0 bridgehead atoms. The highest BCUT2D eigenvalue weighted by Crippen LogP contribution is 2.14. The molecule has 0 aromatic heterocycles. The summed E-state index contributed by atoms with van der Waals surface area (Å²) in [6.07, 6.45) is 1.88. The Kier molecular flexibility index (Phi) is 3.49. The van der Waals surface area contributed by atoms with Crippen molar-refractivity contribution in [3.8, 4) is 0 Å². The van der Waals surface area contributed by atoms with Gasteiger partial charge in [-0.05, 0) is 19.4 Å². The fourth-order valence-electron chi connectivity index (χ4n) is 1.40. The zero-order valence-corrected chi connectivity index (χ0v) is 7.45. The van der Waals surface area contributed by atoms with E-state index in [0.29, 0.717) is 13.0 Å². The van der Waals surface area contributed by atoms with E-state index in [-0.39, 0.29) is 12.0 Å². The van der Waals surface area contributed by atoms with Crippen molar-refractivity contribution in [2.24, 2.45) is 5.73 Å². The van der Waals surface area contributed by atoms with Crippen molar-refractivity contribution in [3.63, 3.8) is 0 Å². The van der Waals surface area contributed by atoms with Gasteiger partial charge in [0.2, 0.25) is 0 Å². The number of rotatable bonds is 4. The molecule has 0 aromatic carbocycles. The van der Waals surface area contributed by atoms with Crippen molar-refractivity contribution >= 4 is 5.97 Å². The van der Waals surface area contributed by atoms with Crippen molar-refractivity contribution in [2.45, 2.75) is 18.9 Å². The topological polar surface area (TPSA) is 55.6 Å². The maximum Gasteiger partial charge on any atom is 0.323 e. The van der Waals surface area contributed by atoms with Crippen LogP contribution in [0, 0.1) is 0 Å². The van der Waals surface area contributed by atoms with Gasteiger partial charge in [-0.15, -0.1) is 0 Å². The Labute approximate surface area is 72.7 Å². The van der Waals surface area contributed by atoms with Gasteiger partial charge in [0.25, 0.3) is 0 Å². The minimum absolute atomic E-state index is 0.103. The molecule has 0 aromatic rings. The standard InChI is InChI=1S/C8H16N2O2/c1-12-8(11)7(3-4-9)10-5-2-6-10/h7H,2-6,9H2,1H3. The molecule has 12 heavy (non-hydrogen) atoms. The molecule has 4 nitrogen and oxygen atoms in total. The lowest BCUT2D eigenvalue weighted by atomic mass is 10.1. The van der Waals surface area contributed by atoms with Gasteiger partial charge < -0.3 is 10.5 Å². The zero-order valence-electron chi connectivity index (χ0n) is 7.45. The van der Waals surface area contributed by atoms with Gasteiger partial charge in [-0.25, -0.2) is 0 Å². The van der Waals surface area contributed by atoms with Crippen molar-refractivity contribution in [3.05, 3.63) is 0 Å². The fraction of sp³-hybridized carbons (Fsp3) is 0.875. The number of carbonyl (C=O) groups excluding carboxylic acids is 1. The number of hydrogen-bond donors (Lipinski definition) is 1. The number of methoxy groups -OCH3 is 1. The van der Waals surface area contributed by atoms with E-state index < -0.39 is 0 Å². The summed E-state index contributed by atoms with van der Waals surface area (Å²) < 4.78 is 4.69. The molecule has 1 aliphatic rings. The number of nitrogens with two attached hydrogens (primary N) is 1. The van der Waals surface area contributed by atoms with Crippen LogP contribution < -0.4 is 5.73 Å². The van der Waals surface area contributed by atoms with E-state index in [9.17, 15) is 4.79 Å². The van der Waals surface area contributed by atoms with Crippen LogP contribution in [0.3, 0.4) is 0 Å². The lowest BCUT2D eigenvalue weighted by Gasteiger charge is -2.36. The van der Waals surface area contributed by atoms with Crippen LogP contribution in [0.4, 0.5) is 0 Å². The molecular formula is C8H16N2O2. The van der Waals surface area contributed by atoms with E-state index in [0.717, 1.165) is 13.1 Å². The molecule has 0 saturated carbocycles. The lowest BCUT2D eigenvalue weighted by Crippen LogP contribution is -2.50. The van der Waals surface area contributed by atoms with Gasteiger partial charge in [-0.3, -0.25) is 9.69 Å². The number of esters is 1. The predicted octanol–water partition coefficient (Wildman–Crippen LogP) is -0.417. The minimum Gasteiger partial charge on any atom is -0.468 e. The van der Waals surface area contributed by atoms with Crippen LogP contribution in [0.2, 0.25) is 0 Å². The van der Waals surface area contributed by atoms with E-state index in [4.69, 9.17) is 5.73 Å². The number of likely N-dealkylation sites (tertiary alicyclic amines) is 1. The lowest BCUT2D eigenvalue weighted by molar-refractivity contribution is -0.148. The largest absolute Gasteiger partial charge is 0.468 e. The Balaban J connectivity index is 2.41. The van der Waals surface area contributed by atoms with E-state index >= 15 is 0 Å². The smallest absolute Gasteiger partial charge is 0.323 e. The quantitative estimate of drug-likeness (QED) is 0.585. The summed E-state index contributed by atoms with van der Waals surface area (Å²) in [6.45, 7) is 2.54. The first-order chi connectivity index (χ1) is 5.79. The van der Waals surface area contributed by atoms with Gasteiger partial charge in [0.1, 0.15) is 6.04 Å². The number of ether oxygens (including phenoxy) is 1. The third-order valence-electron chi connectivity index (χ3n) is 2.24. The molecule has 1 heterocycles. The van der Waals surface area contributed by atoms with Crippen LogP contribution in [-0.4, -0.2) is 43.7 Å². The second-order valence-electron chi connectivity index (χ2n) is 3.01. The molecule has 1 unspecified atom stereocenters. The highest BCUT2D eigenvalue weighted by atomic mass is 16.5. The normalized spacial score (nSPS) is 19.8. The molecule has 1 fully saturated rings. The first-order valence-corrected chi connectivity index (χ1v) is 4.31. The molecule has 70 valence electrons. The molecule has 0 aliphatic carbocycles. The van der Waals surface area contributed by atoms with Crippen LogP contribution >= 0.6 is 0 Å². The van der Waals surface area contributed by atoms with Crippen LogP contribution in [0.15, 0.2) is 0 Å². The first kappa shape index (κ1) is 9.48. The monoisotopic (exact) mass is 172 g/mol. The summed E-state index contributed by atoms with van der Waals surface area (Å²) in [7, 11) is 1.42. The number of carbonyl (C=O) groups is 1. The molecular weight excluding hydrogens is 156 g/mol. The Morgan fingerprint density at radius 3 is 2.67 bits per heavy atom. The van der Waals surface area contributed by atoms with E-state index in [1.165, 1.54) is 13.5 Å². The summed E-state index contributed by atoms with van der Waals surface area (Å²) in [5.41, 5.74) is 5.40. The van der Waals surface area contributed by atoms with Crippen LogP contribution in [0.5, 0.6) is 0 Å². The van der Waals surface area contributed by atoms with E-state index in [1.54, 1.807) is 0 Å². The Morgan fingerprint density at radius 1 is 1.67 bits per heavy atom. The maximum atomic E-state index is 11.2. The Morgan fingerprint density at radius 2 is 2.33 bits per heavy atom. The number of hydrogen-bond acceptors (Lipinski definition) is 4. The van der Waals surface area contributed by atoms with Crippen molar-refractivity contribution in [2.75, 3.05) is 26.7 Å². The van der Waals surface area contributed by atoms with Gasteiger partial charge in [-0.1, -0.05) is 0 Å². The van der Waals surface area contributed by atoms with Crippen LogP contribution in [-0.2, 0) is 9.53 Å². The summed E-state index contributed by atoms with van der Waals surface area (Å²) in [5.74, 6) is -0.153. The second kappa shape index (κ2) is 4.42. The average molecular weight is 172 g/mol. The third-order valence-corrected chi connectivity index (χ3v) is 2.24. The molecule has 0 spiro atoms. The van der Waals surface area contributed by atoms with Gasteiger partial charge in [-0.2, -0.15) is 0 Å². The molecule has 1 saturated heterocycles. The number of nitrogens with zero attached hydrogens (tertiary/aromatic N) is 1. The van der Waals surface area contributed by atoms with Crippen molar-refractivity contribution in [1.82, 2.24) is 4.90 Å². The fourth-order valence-corrected chi connectivity index (χ4v) is 1.40. The molecule has 4 heteroatoms. The van der Waals surface area contributed by atoms with Gasteiger partial charge in [0, 0.05) is 13.1 Å². The predicted molar refractivity (Wildman–Crippen MR) is 45.7 cm³/mol. The molecule has 0 radical (unpaired) electrons. The molecule has 1 aliphatic heterocycles. The average Bonchev–Trinajstić information content (AvgIpc) is 1.99. The maximum absolute atomic E-state index is 11.2. The van der Waals surface area contributed by atoms with Gasteiger partial charge in [0.05, 0.1) is 7.11 Å². The molecule has 1 atom stereocenters. The van der Waals surface area contributed by atoms with E-state index in [1.807, 2.05) is 0 Å². The highest BCUT2D eigenvalue weighted by Gasteiger charge is 2.29. The first-order valence-electron chi connectivity index (χ1n) is 4.31. The molecule has 1 rings (SSSR count). The Bertz CT molecular complexity index is 157. The van der Waals surface area contributed by atoms with E-state index in [2.05, 4.69) is 9.64 Å². The highest BCUT2D eigenvalue weighted by molar-refractivity contribution is 5.75. The Hall–Kier alpha value is -0.610. The van der Waals surface area contributed by atoms with Crippen molar-refractivity contribution in [1.29, 1.82) is 0 Å². The third kappa shape index (κ3) is 1.95. The summed E-state index contributed by atoms with van der Waals surface area (Å²) in [5, 5.41) is 0. The summed E-state index contributed by atoms with van der Waals surface area (Å²) >= 11 is 0. The molecule has 0 amide bonds. The van der Waals surface area contributed by atoms with Crippen LogP contribution in [0.1, 0.15) is 12.8 Å². The van der Waals surface area contributed by atoms with Crippen LogP contribution in [0.25, 0.3) is 0 Å². The summed E-state index contributed by atoms with van der Waals surface area (Å²) in [4.78, 5) is 13.3. The summed E-state index contributed by atoms with van der Waals surface area (Å²) in [6, 6.07) is -0.103. The molecule has 2 N–H and O–H groups in total. The SMILES string of the molecule is COC(=O)C(CCN)N1CCC1. The van der Waals surface area contributed by atoms with Gasteiger partial charge >= 0.3 is 5.97 Å². The second-order valence-corrected chi connectivity index (χ2v) is 3.01. The minimum atomic E-state index is -0.153. The van der Waals surface area contributed by atoms with Gasteiger partial charge in [0.15, 0.2) is 0 Å². The van der Waals surface area contributed by atoms with Crippen molar-refractivity contribution < 1.29 is 9.53 Å². The zero-order chi connectivity index (χ0) is 8.97.